The molecule has 0 atom stereocenters. The van der Waals surface area contributed by atoms with Gasteiger partial charge >= 0.3 is 0 Å². The maximum Gasteiger partial charge on any atom is 0.264 e. The molecule has 8 heteroatoms. The van der Waals surface area contributed by atoms with E-state index in [9.17, 15) is 4.79 Å². The lowest BCUT2D eigenvalue weighted by Gasteiger charge is -2.16. The Kier molecular flexibility index (Phi) is 5.15. The molecule has 2 aromatic carbocycles. The van der Waals surface area contributed by atoms with Crippen molar-refractivity contribution in [3.63, 3.8) is 0 Å². The van der Waals surface area contributed by atoms with E-state index in [1.165, 1.54) is 11.3 Å². The highest BCUT2D eigenvalue weighted by molar-refractivity contribution is 7.20. The predicted octanol–water partition coefficient (Wildman–Crippen LogP) is 5.57. The lowest BCUT2D eigenvalue weighted by Crippen LogP contribution is -2.26. The van der Waals surface area contributed by atoms with Gasteiger partial charge in [-0.1, -0.05) is 35.9 Å². The van der Waals surface area contributed by atoms with Crippen molar-refractivity contribution >= 4 is 50.0 Å². The zero-order valence-electron chi connectivity index (χ0n) is 17.8. The Morgan fingerprint density at radius 2 is 1.84 bits per heavy atom. The third-order valence-electron chi connectivity index (χ3n) is 5.37. The molecule has 3 aromatic heterocycles. The second-order valence-corrected chi connectivity index (χ2v) is 9.18. The highest BCUT2D eigenvalue weighted by atomic mass is 35.5. The summed E-state index contributed by atoms with van der Waals surface area (Å²) in [4.78, 5) is 25.7. The number of halogens is 1. The summed E-state index contributed by atoms with van der Waals surface area (Å²) in [5.74, 6) is 0.553. The second kappa shape index (κ2) is 8.00. The molecule has 3 heterocycles. The largest absolute Gasteiger partial charge is 0.333 e. The van der Waals surface area contributed by atoms with E-state index in [-0.39, 0.29) is 5.91 Å². The van der Waals surface area contributed by atoms with Gasteiger partial charge in [-0.3, -0.25) is 4.79 Å². The average molecular weight is 462 g/mol. The first-order chi connectivity index (χ1) is 15.4. The number of thiophene rings is 1. The number of para-hydroxylation sites is 1. The number of carbonyl (C=O) groups is 1. The summed E-state index contributed by atoms with van der Waals surface area (Å²) >= 11 is 7.59. The van der Waals surface area contributed by atoms with Gasteiger partial charge in [-0.2, -0.15) is 5.10 Å². The molecule has 0 fully saturated rings. The summed E-state index contributed by atoms with van der Waals surface area (Å²) in [5.41, 5.74) is 3.52. The Balaban J connectivity index is 1.45. The molecule has 0 saturated carbocycles. The molecule has 5 rings (SSSR count). The number of amides is 1. The Labute approximate surface area is 194 Å². The maximum atomic E-state index is 13.2. The van der Waals surface area contributed by atoms with Gasteiger partial charge in [-0.05, 0) is 44.2 Å². The Morgan fingerprint density at radius 1 is 1.03 bits per heavy atom. The topological polar surface area (TPSA) is 63.9 Å². The standard InChI is InChI=1S/C24H20ClN5OS/c1-14-18-9-4-5-10-20(18)27-22(26-14)13-29(3)23(31)21-12-19-15(2)28-30(24(19)32-21)17-8-6-7-16(25)11-17/h4-12H,13H2,1-3H3. The van der Waals surface area contributed by atoms with Crippen LogP contribution in [0, 0.1) is 13.8 Å². The summed E-state index contributed by atoms with van der Waals surface area (Å²) < 4.78 is 1.84. The van der Waals surface area contributed by atoms with Gasteiger partial charge in [0.05, 0.1) is 28.3 Å². The van der Waals surface area contributed by atoms with Crippen LogP contribution in [0.1, 0.15) is 26.9 Å². The quantitative estimate of drug-likeness (QED) is 0.351. The van der Waals surface area contributed by atoms with E-state index < -0.39 is 0 Å². The monoisotopic (exact) mass is 461 g/mol. The molecule has 0 aliphatic heterocycles. The van der Waals surface area contributed by atoms with Crippen LogP contribution in [-0.2, 0) is 6.54 Å². The molecule has 0 N–H and O–H groups in total. The summed E-state index contributed by atoms with van der Waals surface area (Å²) in [6.45, 7) is 4.24. The molecule has 0 saturated heterocycles. The van der Waals surface area contributed by atoms with Crippen LogP contribution in [0.3, 0.4) is 0 Å². The Hall–Kier alpha value is -3.29. The lowest BCUT2D eigenvalue weighted by atomic mass is 10.2. The number of benzene rings is 2. The molecular weight excluding hydrogens is 442 g/mol. The zero-order chi connectivity index (χ0) is 22.4. The van der Waals surface area contributed by atoms with E-state index in [0.29, 0.717) is 22.3 Å². The normalized spacial score (nSPS) is 11.4. The number of rotatable bonds is 4. The fourth-order valence-corrected chi connectivity index (χ4v) is 5.14. The van der Waals surface area contributed by atoms with Crippen LogP contribution >= 0.6 is 22.9 Å². The molecular formula is C24H20ClN5OS. The molecule has 1 amide bonds. The van der Waals surface area contributed by atoms with E-state index >= 15 is 0 Å². The van der Waals surface area contributed by atoms with Crippen molar-refractivity contribution in [3.8, 4) is 5.69 Å². The number of hydrogen-bond donors (Lipinski definition) is 0. The van der Waals surface area contributed by atoms with Crippen LogP contribution in [0.5, 0.6) is 0 Å². The molecule has 0 spiro atoms. The van der Waals surface area contributed by atoms with E-state index in [4.69, 9.17) is 11.6 Å². The smallest absolute Gasteiger partial charge is 0.264 e. The predicted molar refractivity (Wildman–Crippen MR) is 129 cm³/mol. The summed E-state index contributed by atoms with van der Waals surface area (Å²) in [5, 5.41) is 7.26. The number of fused-ring (bicyclic) bond motifs is 2. The van der Waals surface area contributed by atoms with Crippen LogP contribution in [0.4, 0.5) is 0 Å². The van der Waals surface area contributed by atoms with Gasteiger partial charge in [0.25, 0.3) is 5.91 Å². The van der Waals surface area contributed by atoms with E-state index in [2.05, 4.69) is 15.1 Å². The zero-order valence-corrected chi connectivity index (χ0v) is 19.4. The van der Waals surface area contributed by atoms with Crippen molar-refractivity contribution in [1.29, 1.82) is 0 Å². The molecule has 0 unspecified atom stereocenters. The van der Waals surface area contributed by atoms with Gasteiger partial charge in [-0.15, -0.1) is 11.3 Å². The molecule has 160 valence electrons. The third-order valence-corrected chi connectivity index (χ3v) is 6.71. The second-order valence-electron chi connectivity index (χ2n) is 7.71. The molecule has 0 aliphatic carbocycles. The molecule has 6 nitrogen and oxygen atoms in total. The average Bonchev–Trinajstić information content (AvgIpc) is 3.34. The third kappa shape index (κ3) is 3.63. The van der Waals surface area contributed by atoms with Gasteiger partial charge in [0, 0.05) is 28.5 Å². The molecule has 32 heavy (non-hydrogen) atoms. The van der Waals surface area contributed by atoms with Gasteiger partial charge in [0.15, 0.2) is 0 Å². The number of aromatic nitrogens is 4. The summed E-state index contributed by atoms with van der Waals surface area (Å²) in [7, 11) is 1.77. The summed E-state index contributed by atoms with van der Waals surface area (Å²) in [6, 6.07) is 17.3. The van der Waals surface area contributed by atoms with Gasteiger partial charge in [-0.25, -0.2) is 14.6 Å². The SMILES string of the molecule is Cc1nc(CN(C)C(=O)c2cc3c(C)nn(-c4cccc(Cl)c4)c3s2)nc2ccccc12. The molecule has 0 radical (unpaired) electrons. The van der Waals surface area contributed by atoms with E-state index in [0.717, 1.165) is 38.2 Å². The Morgan fingerprint density at radius 3 is 2.66 bits per heavy atom. The molecule has 0 aliphatic rings. The van der Waals surface area contributed by atoms with Crippen molar-refractivity contribution < 1.29 is 4.79 Å². The van der Waals surface area contributed by atoms with Crippen LogP contribution < -0.4 is 0 Å². The van der Waals surface area contributed by atoms with Crippen LogP contribution in [0.15, 0.2) is 54.6 Å². The first kappa shape index (κ1) is 20.6. The number of nitrogens with zero attached hydrogens (tertiary/aromatic N) is 5. The van der Waals surface area contributed by atoms with Crippen molar-refractivity contribution in [2.75, 3.05) is 7.05 Å². The summed E-state index contributed by atoms with van der Waals surface area (Å²) in [6.07, 6.45) is 0. The highest BCUT2D eigenvalue weighted by Gasteiger charge is 2.20. The van der Waals surface area contributed by atoms with Crippen molar-refractivity contribution in [2.24, 2.45) is 0 Å². The first-order valence-electron chi connectivity index (χ1n) is 10.1. The number of aryl methyl sites for hydroxylation is 2. The maximum absolute atomic E-state index is 13.2. The van der Waals surface area contributed by atoms with E-state index in [1.54, 1.807) is 11.9 Å². The lowest BCUT2D eigenvalue weighted by molar-refractivity contribution is 0.0786. The van der Waals surface area contributed by atoms with E-state index in [1.807, 2.05) is 73.1 Å². The van der Waals surface area contributed by atoms with Gasteiger partial charge < -0.3 is 4.90 Å². The van der Waals surface area contributed by atoms with Crippen LogP contribution in [0.2, 0.25) is 5.02 Å². The van der Waals surface area contributed by atoms with Crippen LogP contribution in [0.25, 0.3) is 26.8 Å². The fraction of sp³-hybridized carbons (Fsp3) is 0.167. The minimum absolute atomic E-state index is 0.0716. The van der Waals surface area contributed by atoms with Crippen LogP contribution in [-0.4, -0.2) is 37.6 Å². The van der Waals surface area contributed by atoms with Crippen molar-refractivity contribution in [2.45, 2.75) is 20.4 Å². The molecule has 0 bridgehead atoms. The van der Waals surface area contributed by atoms with Gasteiger partial charge in [0.2, 0.25) is 0 Å². The van der Waals surface area contributed by atoms with Crippen molar-refractivity contribution in [3.05, 3.63) is 81.7 Å². The van der Waals surface area contributed by atoms with Gasteiger partial charge in [0.1, 0.15) is 10.7 Å². The number of carbonyl (C=O) groups excluding carboxylic acids is 1. The minimum Gasteiger partial charge on any atom is -0.333 e. The number of hydrogen-bond acceptors (Lipinski definition) is 5. The highest BCUT2D eigenvalue weighted by Crippen LogP contribution is 2.31. The Bertz CT molecular complexity index is 1490. The fourth-order valence-electron chi connectivity index (χ4n) is 3.77. The molecule has 5 aromatic rings. The van der Waals surface area contributed by atoms with Crippen molar-refractivity contribution in [1.82, 2.24) is 24.6 Å². The first-order valence-corrected chi connectivity index (χ1v) is 11.3. The minimum atomic E-state index is -0.0716.